The van der Waals surface area contributed by atoms with Crippen LogP contribution in [0.4, 0.5) is 10.1 Å². The molecule has 1 amide bonds. The van der Waals surface area contributed by atoms with Gasteiger partial charge in [-0.3, -0.25) is 9.59 Å². The van der Waals surface area contributed by atoms with Crippen LogP contribution < -0.4 is 5.32 Å². The molecule has 68 valence electrons. The van der Waals surface area contributed by atoms with Gasteiger partial charge in [-0.2, -0.15) is 0 Å². The zero-order chi connectivity index (χ0) is 9.84. The maximum Gasteiger partial charge on any atom is 0.288 e. The fourth-order valence-electron chi connectivity index (χ4n) is 0.906. The van der Waals surface area contributed by atoms with Crippen LogP contribution in [0.3, 0.4) is 0 Å². The van der Waals surface area contributed by atoms with Crippen molar-refractivity contribution < 1.29 is 14.0 Å². The van der Waals surface area contributed by atoms with E-state index in [9.17, 15) is 14.0 Å². The summed E-state index contributed by atoms with van der Waals surface area (Å²) in [4.78, 5) is 20.6. The number of hydrogen-bond acceptors (Lipinski definition) is 2. The Morgan fingerprint density at radius 1 is 1.54 bits per heavy atom. The van der Waals surface area contributed by atoms with E-state index in [0.717, 1.165) is 0 Å². The van der Waals surface area contributed by atoms with Crippen molar-refractivity contribution >= 4 is 17.9 Å². The summed E-state index contributed by atoms with van der Waals surface area (Å²) in [6.45, 7) is 1.58. The van der Waals surface area contributed by atoms with Crippen LogP contribution in [0.2, 0.25) is 0 Å². The summed E-state index contributed by atoms with van der Waals surface area (Å²) in [5, 5.41) is 2.12. The Hall–Kier alpha value is -1.71. The van der Waals surface area contributed by atoms with E-state index in [1.807, 2.05) is 0 Å². The molecule has 13 heavy (non-hydrogen) atoms. The normalized spacial score (nSPS) is 9.38. The summed E-state index contributed by atoms with van der Waals surface area (Å²) in [5.74, 6) is -1.37. The summed E-state index contributed by atoms with van der Waals surface area (Å²) in [7, 11) is 0. The van der Waals surface area contributed by atoms with Crippen molar-refractivity contribution in [2.24, 2.45) is 0 Å². The number of carbonyl (C=O) groups excluding carboxylic acids is 2. The molecule has 1 aromatic rings. The summed E-state index contributed by atoms with van der Waals surface area (Å²) in [6, 6.07) is 4.56. The van der Waals surface area contributed by atoms with Crippen LogP contribution in [-0.2, 0) is 9.59 Å². The first-order valence-electron chi connectivity index (χ1n) is 3.66. The van der Waals surface area contributed by atoms with Crippen LogP contribution >= 0.6 is 0 Å². The van der Waals surface area contributed by atoms with Crippen molar-refractivity contribution in [1.82, 2.24) is 0 Å². The number of carbonyl (C=O) groups is 2. The average molecular weight is 181 g/mol. The van der Waals surface area contributed by atoms with Gasteiger partial charge in [-0.05, 0) is 18.6 Å². The number of halogens is 1. The predicted molar refractivity (Wildman–Crippen MR) is 45.8 cm³/mol. The van der Waals surface area contributed by atoms with Gasteiger partial charge < -0.3 is 5.32 Å². The SMILES string of the molecule is Cc1cccc(NC(=O)C=O)c1F. The monoisotopic (exact) mass is 181 g/mol. The number of nitrogens with one attached hydrogen (secondary N) is 1. The van der Waals surface area contributed by atoms with Gasteiger partial charge in [0.05, 0.1) is 5.69 Å². The number of aryl methyl sites for hydroxylation is 1. The zero-order valence-corrected chi connectivity index (χ0v) is 7.00. The number of aldehydes is 1. The number of hydrogen-bond donors (Lipinski definition) is 1. The zero-order valence-electron chi connectivity index (χ0n) is 7.00. The third kappa shape index (κ3) is 2.11. The summed E-state index contributed by atoms with van der Waals surface area (Å²) >= 11 is 0. The van der Waals surface area contributed by atoms with E-state index in [1.165, 1.54) is 6.07 Å². The molecule has 0 aromatic heterocycles. The van der Waals surface area contributed by atoms with E-state index in [1.54, 1.807) is 19.1 Å². The van der Waals surface area contributed by atoms with Crippen molar-refractivity contribution in [2.75, 3.05) is 5.32 Å². The van der Waals surface area contributed by atoms with Gasteiger partial charge in [-0.1, -0.05) is 12.1 Å². The first-order valence-corrected chi connectivity index (χ1v) is 3.66. The van der Waals surface area contributed by atoms with Gasteiger partial charge in [0, 0.05) is 0 Å². The molecule has 0 radical (unpaired) electrons. The maximum absolute atomic E-state index is 13.2. The van der Waals surface area contributed by atoms with Crippen molar-refractivity contribution in [3.05, 3.63) is 29.6 Å². The predicted octanol–water partition coefficient (Wildman–Crippen LogP) is 1.27. The number of amides is 1. The minimum atomic E-state index is -0.857. The Bertz CT molecular complexity index is 349. The minimum absolute atomic E-state index is 0.0251. The molecule has 0 spiro atoms. The molecule has 0 fully saturated rings. The minimum Gasteiger partial charge on any atom is -0.317 e. The molecule has 3 nitrogen and oxygen atoms in total. The number of benzene rings is 1. The van der Waals surface area contributed by atoms with Gasteiger partial charge in [0.2, 0.25) is 6.29 Å². The third-order valence-electron chi connectivity index (χ3n) is 1.56. The number of rotatable bonds is 2. The Kier molecular flexibility index (Phi) is 2.74. The lowest BCUT2D eigenvalue weighted by Crippen LogP contribution is -2.13. The second-order valence-electron chi connectivity index (χ2n) is 2.54. The van der Waals surface area contributed by atoms with Crippen LogP contribution in [0, 0.1) is 12.7 Å². The Morgan fingerprint density at radius 3 is 2.85 bits per heavy atom. The molecule has 0 heterocycles. The summed E-state index contributed by atoms with van der Waals surface area (Å²) in [6.07, 6.45) is 0.0990. The Morgan fingerprint density at radius 2 is 2.23 bits per heavy atom. The topological polar surface area (TPSA) is 46.2 Å². The smallest absolute Gasteiger partial charge is 0.288 e. The van der Waals surface area contributed by atoms with Crippen molar-refractivity contribution in [3.63, 3.8) is 0 Å². The molecule has 1 aromatic carbocycles. The fourth-order valence-corrected chi connectivity index (χ4v) is 0.906. The fraction of sp³-hybridized carbons (Fsp3) is 0.111. The number of anilines is 1. The molecule has 0 atom stereocenters. The molecule has 1 N–H and O–H groups in total. The van der Waals surface area contributed by atoms with E-state index in [-0.39, 0.29) is 12.0 Å². The van der Waals surface area contributed by atoms with Gasteiger partial charge in [0.25, 0.3) is 5.91 Å². The van der Waals surface area contributed by atoms with Crippen molar-refractivity contribution in [1.29, 1.82) is 0 Å². The van der Waals surface area contributed by atoms with Gasteiger partial charge in [0.1, 0.15) is 5.82 Å². The summed E-state index contributed by atoms with van der Waals surface area (Å²) < 4.78 is 13.2. The van der Waals surface area contributed by atoms with E-state index >= 15 is 0 Å². The summed E-state index contributed by atoms with van der Waals surface area (Å²) in [5.41, 5.74) is 0.445. The van der Waals surface area contributed by atoms with Gasteiger partial charge in [-0.25, -0.2) is 4.39 Å². The second-order valence-corrected chi connectivity index (χ2v) is 2.54. The first-order chi connectivity index (χ1) is 6.15. The van der Waals surface area contributed by atoms with Gasteiger partial charge >= 0.3 is 0 Å². The molecule has 0 aliphatic heterocycles. The van der Waals surface area contributed by atoms with Crippen molar-refractivity contribution in [2.45, 2.75) is 6.92 Å². The lowest BCUT2D eigenvalue weighted by atomic mass is 10.2. The lowest BCUT2D eigenvalue weighted by molar-refractivity contribution is -0.127. The first kappa shape index (κ1) is 9.38. The van der Waals surface area contributed by atoms with Crippen molar-refractivity contribution in [3.8, 4) is 0 Å². The highest BCUT2D eigenvalue weighted by Crippen LogP contribution is 2.16. The molecule has 0 aliphatic rings. The quantitative estimate of drug-likeness (QED) is 0.551. The highest BCUT2D eigenvalue weighted by molar-refractivity contribution is 6.29. The lowest BCUT2D eigenvalue weighted by Gasteiger charge is -2.03. The van der Waals surface area contributed by atoms with Gasteiger partial charge in [0.15, 0.2) is 0 Å². The molecule has 0 saturated heterocycles. The van der Waals surface area contributed by atoms with Gasteiger partial charge in [-0.15, -0.1) is 0 Å². The van der Waals surface area contributed by atoms with Crippen LogP contribution in [0.5, 0.6) is 0 Å². The van der Waals surface area contributed by atoms with E-state index in [0.29, 0.717) is 5.56 Å². The molecular weight excluding hydrogens is 173 g/mol. The molecule has 0 saturated carbocycles. The van der Waals surface area contributed by atoms with Crippen LogP contribution in [0.1, 0.15) is 5.56 Å². The highest BCUT2D eigenvalue weighted by Gasteiger charge is 2.06. The molecule has 0 unspecified atom stereocenters. The van der Waals surface area contributed by atoms with E-state index in [4.69, 9.17) is 0 Å². The average Bonchev–Trinajstić information content (AvgIpc) is 2.13. The third-order valence-corrected chi connectivity index (χ3v) is 1.56. The molecule has 0 aliphatic carbocycles. The molecular formula is C9H8FNO2. The Balaban J connectivity index is 2.95. The standard InChI is InChI=1S/C9H8FNO2/c1-6-3-2-4-7(9(6)10)11-8(13)5-12/h2-5H,1H3,(H,11,13). The largest absolute Gasteiger partial charge is 0.317 e. The van der Waals surface area contributed by atoms with Crippen LogP contribution in [0.25, 0.3) is 0 Å². The van der Waals surface area contributed by atoms with Crippen LogP contribution in [-0.4, -0.2) is 12.2 Å². The molecule has 0 bridgehead atoms. The highest BCUT2D eigenvalue weighted by atomic mass is 19.1. The van der Waals surface area contributed by atoms with E-state index < -0.39 is 11.7 Å². The molecule has 1 rings (SSSR count). The van der Waals surface area contributed by atoms with E-state index in [2.05, 4.69) is 5.32 Å². The van der Waals surface area contributed by atoms with Crippen LogP contribution in [0.15, 0.2) is 18.2 Å². The Labute approximate surface area is 74.6 Å². The second kappa shape index (κ2) is 3.80. The molecule has 4 heteroatoms. The maximum atomic E-state index is 13.2.